The van der Waals surface area contributed by atoms with Gasteiger partial charge in [-0.1, -0.05) is 6.07 Å². The molecule has 0 aliphatic carbocycles. The third kappa shape index (κ3) is 2.67. The number of hydrogen-bond acceptors (Lipinski definition) is 5. The van der Waals surface area contributed by atoms with Gasteiger partial charge < -0.3 is 4.90 Å². The van der Waals surface area contributed by atoms with Crippen LogP contribution in [0.4, 0.5) is 0 Å². The molecule has 1 fully saturated rings. The van der Waals surface area contributed by atoms with Gasteiger partial charge in [0.2, 0.25) is 11.8 Å². The SMILES string of the molecule is CS(=O)(=O)c1ccc2c(c1Br)C(=O)N(C1CCC(=O)NC1=O)C2. The van der Waals surface area contributed by atoms with Gasteiger partial charge in [-0.25, -0.2) is 8.42 Å². The normalized spacial score (nSPS) is 21.4. The Morgan fingerprint density at radius 2 is 1.96 bits per heavy atom. The Morgan fingerprint density at radius 1 is 1.26 bits per heavy atom. The summed E-state index contributed by atoms with van der Waals surface area (Å²) in [6.07, 6.45) is 1.50. The minimum atomic E-state index is -3.48. The lowest BCUT2D eigenvalue weighted by Gasteiger charge is -2.29. The second kappa shape index (κ2) is 5.41. The third-order valence-corrected chi connectivity index (χ3v) is 6.22. The minimum Gasteiger partial charge on any atom is -0.322 e. The summed E-state index contributed by atoms with van der Waals surface area (Å²) >= 11 is 3.20. The van der Waals surface area contributed by atoms with Gasteiger partial charge in [0, 0.05) is 23.7 Å². The van der Waals surface area contributed by atoms with Crippen LogP contribution in [0.15, 0.2) is 21.5 Å². The van der Waals surface area contributed by atoms with Gasteiger partial charge in [-0.05, 0) is 34.0 Å². The van der Waals surface area contributed by atoms with Gasteiger partial charge in [-0.3, -0.25) is 19.7 Å². The first-order valence-corrected chi connectivity index (χ1v) is 9.54. The molecule has 122 valence electrons. The molecular weight excluding hydrogens is 388 g/mol. The molecule has 1 N–H and O–H groups in total. The van der Waals surface area contributed by atoms with Crippen molar-refractivity contribution in [2.75, 3.05) is 6.26 Å². The van der Waals surface area contributed by atoms with E-state index < -0.39 is 27.7 Å². The van der Waals surface area contributed by atoms with Crippen LogP contribution in [0.5, 0.6) is 0 Å². The van der Waals surface area contributed by atoms with Crippen LogP contribution in [0.3, 0.4) is 0 Å². The highest BCUT2D eigenvalue weighted by molar-refractivity contribution is 9.10. The summed E-state index contributed by atoms with van der Waals surface area (Å²) in [4.78, 5) is 37.3. The van der Waals surface area contributed by atoms with E-state index in [2.05, 4.69) is 21.2 Å². The lowest BCUT2D eigenvalue weighted by atomic mass is 10.0. The van der Waals surface area contributed by atoms with Crippen molar-refractivity contribution in [3.63, 3.8) is 0 Å². The molecule has 1 unspecified atom stereocenters. The molecular formula is C14H13BrN2O5S. The first-order chi connectivity index (χ1) is 10.7. The van der Waals surface area contributed by atoms with E-state index in [1.165, 1.54) is 11.0 Å². The lowest BCUT2D eigenvalue weighted by molar-refractivity contribution is -0.136. The van der Waals surface area contributed by atoms with Crippen LogP contribution >= 0.6 is 15.9 Å². The van der Waals surface area contributed by atoms with E-state index in [-0.39, 0.29) is 40.2 Å². The van der Waals surface area contributed by atoms with Gasteiger partial charge in [0.1, 0.15) is 6.04 Å². The highest BCUT2D eigenvalue weighted by atomic mass is 79.9. The predicted molar refractivity (Wildman–Crippen MR) is 83.3 cm³/mol. The van der Waals surface area contributed by atoms with Crippen molar-refractivity contribution in [3.05, 3.63) is 27.7 Å². The average Bonchev–Trinajstić information content (AvgIpc) is 2.76. The number of rotatable bonds is 2. The Balaban J connectivity index is 1.99. The number of piperidine rings is 1. The van der Waals surface area contributed by atoms with Crippen molar-refractivity contribution >= 4 is 43.5 Å². The van der Waals surface area contributed by atoms with E-state index in [0.717, 1.165) is 6.26 Å². The first kappa shape index (κ1) is 16.1. The summed E-state index contributed by atoms with van der Waals surface area (Å²) in [5.41, 5.74) is 0.914. The summed E-state index contributed by atoms with van der Waals surface area (Å²) in [5, 5.41) is 2.22. The lowest BCUT2D eigenvalue weighted by Crippen LogP contribution is -2.52. The van der Waals surface area contributed by atoms with E-state index in [4.69, 9.17) is 0 Å². The number of carbonyl (C=O) groups excluding carboxylic acids is 3. The zero-order valence-electron chi connectivity index (χ0n) is 12.1. The summed E-state index contributed by atoms with van der Waals surface area (Å²) < 4.78 is 23.8. The molecule has 3 amide bonds. The number of halogens is 1. The van der Waals surface area contributed by atoms with E-state index in [0.29, 0.717) is 5.56 Å². The van der Waals surface area contributed by atoms with Crippen molar-refractivity contribution in [1.29, 1.82) is 0 Å². The van der Waals surface area contributed by atoms with Gasteiger partial charge in [0.25, 0.3) is 5.91 Å². The minimum absolute atomic E-state index is 0.0368. The Hall–Kier alpha value is -1.74. The van der Waals surface area contributed by atoms with Gasteiger partial charge in [-0.2, -0.15) is 0 Å². The largest absolute Gasteiger partial charge is 0.322 e. The van der Waals surface area contributed by atoms with Crippen LogP contribution < -0.4 is 5.32 Å². The maximum Gasteiger partial charge on any atom is 0.256 e. The fourth-order valence-corrected chi connectivity index (χ4v) is 5.06. The van der Waals surface area contributed by atoms with E-state index in [9.17, 15) is 22.8 Å². The number of imide groups is 1. The molecule has 0 aromatic heterocycles. The zero-order chi connectivity index (χ0) is 16.9. The van der Waals surface area contributed by atoms with Gasteiger partial charge in [0.05, 0.1) is 10.5 Å². The van der Waals surface area contributed by atoms with Crippen LogP contribution in [0.25, 0.3) is 0 Å². The second-order valence-electron chi connectivity index (χ2n) is 5.58. The average molecular weight is 401 g/mol. The summed E-state index contributed by atoms with van der Waals surface area (Å²) in [7, 11) is -3.48. The number of sulfone groups is 1. The van der Waals surface area contributed by atoms with E-state index in [1.54, 1.807) is 6.07 Å². The molecule has 2 aliphatic rings. The molecule has 0 saturated carbocycles. The summed E-state index contributed by atoms with van der Waals surface area (Å²) in [5.74, 6) is -1.26. The number of hydrogen-bond donors (Lipinski definition) is 1. The van der Waals surface area contributed by atoms with Crippen molar-refractivity contribution in [3.8, 4) is 0 Å². The summed E-state index contributed by atoms with van der Waals surface area (Å²) in [6, 6.07) is 2.31. The smallest absolute Gasteiger partial charge is 0.256 e. The van der Waals surface area contributed by atoms with Crippen LogP contribution in [0, 0.1) is 0 Å². The number of amides is 3. The number of nitrogens with one attached hydrogen (secondary N) is 1. The van der Waals surface area contributed by atoms with Crippen molar-refractivity contribution < 1.29 is 22.8 Å². The zero-order valence-corrected chi connectivity index (χ0v) is 14.5. The maximum absolute atomic E-state index is 12.7. The molecule has 3 rings (SSSR count). The number of fused-ring (bicyclic) bond motifs is 1. The standard InChI is InChI=1S/C14H13BrN2O5S/c1-23(21,22)9-4-2-7-6-17(14(20)11(7)12(9)15)8-3-5-10(18)16-13(8)19/h2,4,8H,3,5-6H2,1H3,(H,16,18,19). The molecule has 9 heteroatoms. The third-order valence-electron chi connectivity index (χ3n) is 3.99. The number of nitrogens with zero attached hydrogens (tertiary/aromatic N) is 1. The first-order valence-electron chi connectivity index (χ1n) is 6.86. The van der Waals surface area contributed by atoms with Crippen molar-refractivity contribution in [2.24, 2.45) is 0 Å². The quantitative estimate of drug-likeness (QED) is 0.733. The fraction of sp³-hybridized carbons (Fsp3) is 0.357. The Morgan fingerprint density at radius 3 is 2.57 bits per heavy atom. The van der Waals surface area contributed by atoms with Gasteiger partial charge >= 0.3 is 0 Å². The number of carbonyl (C=O) groups is 3. The van der Waals surface area contributed by atoms with Crippen LogP contribution in [0.1, 0.15) is 28.8 Å². The molecule has 1 aromatic rings. The van der Waals surface area contributed by atoms with Crippen LogP contribution in [-0.2, 0) is 26.0 Å². The Bertz CT molecular complexity index is 849. The molecule has 1 atom stereocenters. The van der Waals surface area contributed by atoms with E-state index in [1.807, 2.05) is 0 Å². The fourth-order valence-electron chi connectivity index (χ4n) is 2.88. The molecule has 1 aromatic carbocycles. The highest BCUT2D eigenvalue weighted by Crippen LogP contribution is 2.36. The number of benzene rings is 1. The molecule has 23 heavy (non-hydrogen) atoms. The molecule has 1 saturated heterocycles. The van der Waals surface area contributed by atoms with Gasteiger partial charge in [-0.15, -0.1) is 0 Å². The Kier molecular flexibility index (Phi) is 3.80. The molecule has 0 bridgehead atoms. The molecule has 7 nitrogen and oxygen atoms in total. The van der Waals surface area contributed by atoms with Crippen molar-refractivity contribution in [1.82, 2.24) is 10.2 Å². The molecule has 0 spiro atoms. The molecule has 0 radical (unpaired) electrons. The topological polar surface area (TPSA) is 101 Å². The Labute approximate surface area is 141 Å². The van der Waals surface area contributed by atoms with Crippen molar-refractivity contribution in [2.45, 2.75) is 30.3 Å². The van der Waals surface area contributed by atoms with Crippen LogP contribution in [-0.4, -0.2) is 43.3 Å². The second-order valence-corrected chi connectivity index (χ2v) is 8.36. The molecule has 2 heterocycles. The highest BCUT2D eigenvalue weighted by Gasteiger charge is 2.40. The molecule has 2 aliphatic heterocycles. The van der Waals surface area contributed by atoms with Crippen LogP contribution in [0.2, 0.25) is 0 Å². The predicted octanol–water partition coefficient (Wildman–Crippen LogP) is 0.614. The van der Waals surface area contributed by atoms with Gasteiger partial charge in [0.15, 0.2) is 9.84 Å². The summed E-state index contributed by atoms with van der Waals surface area (Å²) in [6.45, 7) is 0.211. The van der Waals surface area contributed by atoms with E-state index >= 15 is 0 Å². The maximum atomic E-state index is 12.7. The monoisotopic (exact) mass is 400 g/mol.